The Balaban J connectivity index is 1.60. The lowest BCUT2D eigenvalue weighted by atomic mass is 9.53. The van der Waals surface area contributed by atoms with Gasteiger partial charge in [-0.25, -0.2) is 0 Å². The minimum atomic E-state index is -0.127. The molecule has 3 rings (SSSR count). The summed E-state index contributed by atoms with van der Waals surface area (Å²) in [7, 11) is 0. The molecule has 2 heteroatoms. The number of carbonyl (C=O) groups excluding carboxylic acids is 1. The van der Waals surface area contributed by atoms with Gasteiger partial charge in [-0.2, -0.15) is 0 Å². The number of ether oxygens (including phenoxy) is 1. The van der Waals surface area contributed by atoms with E-state index < -0.39 is 0 Å². The Morgan fingerprint density at radius 3 is 2.53 bits per heavy atom. The van der Waals surface area contributed by atoms with Crippen LogP contribution in [-0.4, -0.2) is 12.1 Å². The van der Waals surface area contributed by atoms with Gasteiger partial charge >= 0.3 is 5.97 Å². The number of hydrogen-bond donors (Lipinski definition) is 0. The zero-order chi connectivity index (χ0) is 21.9. The van der Waals surface area contributed by atoms with Gasteiger partial charge in [0.2, 0.25) is 0 Å². The first-order valence-electron chi connectivity index (χ1n) is 13.0. The van der Waals surface area contributed by atoms with E-state index in [0.717, 1.165) is 36.5 Å². The van der Waals surface area contributed by atoms with Gasteiger partial charge in [-0.1, -0.05) is 58.6 Å². The van der Waals surface area contributed by atoms with Crippen LogP contribution in [0.2, 0.25) is 0 Å². The molecule has 0 aromatic heterocycles. The predicted molar refractivity (Wildman–Crippen MR) is 126 cm³/mol. The first kappa shape index (κ1) is 23.9. The summed E-state index contributed by atoms with van der Waals surface area (Å²) in [6.07, 6.45) is 18.5. The molecule has 0 aromatic carbocycles. The van der Waals surface area contributed by atoms with E-state index in [1.807, 2.05) is 0 Å². The normalized spacial score (nSPS) is 40.6. The lowest BCUT2D eigenvalue weighted by Gasteiger charge is -2.52. The third-order valence-corrected chi connectivity index (χ3v) is 9.66. The fourth-order valence-corrected chi connectivity index (χ4v) is 7.58. The second-order valence-corrected chi connectivity index (χ2v) is 11.8. The number of allylic oxidation sites excluding steroid dienone is 1. The Labute approximate surface area is 186 Å². The highest BCUT2D eigenvalue weighted by Crippen LogP contribution is 2.62. The van der Waals surface area contributed by atoms with Crippen molar-refractivity contribution in [1.82, 2.24) is 0 Å². The van der Waals surface area contributed by atoms with Crippen molar-refractivity contribution in [2.45, 2.75) is 125 Å². The van der Waals surface area contributed by atoms with Crippen LogP contribution < -0.4 is 0 Å². The Bertz CT molecular complexity index is 620. The van der Waals surface area contributed by atoms with Gasteiger partial charge in [0, 0.05) is 13.3 Å². The highest BCUT2D eigenvalue weighted by molar-refractivity contribution is 5.66. The average molecular weight is 417 g/mol. The van der Waals surface area contributed by atoms with Crippen LogP contribution in [0.4, 0.5) is 0 Å². The van der Waals surface area contributed by atoms with Crippen molar-refractivity contribution in [2.75, 3.05) is 0 Å². The van der Waals surface area contributed by atoms with Gasteiger partial charge in [0.1, 0.15) is 6.10 Å². The van der Waals surface area contributed by atoms with E-state index in [1.54, 1.807) is 12.5 Å². The van der Waals surface area contributed by atoms with Crippen molar-refractivity contribution >= 4 is 5.97 Å². The van der Waals surface area contributed by atoms with Crippen LogP contribution in [0.15, 0.2) is 11.6 Å². The smallest absolute Gasteiger partial charge is 0.302 e. The van der Waals surface area contributed by atoms with Gasteiger partial charge in [-0.3, -0.25) is 4.79 Å². The lowest BCUT2D eigenvalue weighted by Crippen LogP contribution is -2.43. The molecule has 172 valence electrons. The summed E-state index contributed by atoms with van der Waals surface area (Å²) >= 11 is 0. The fourth-order valence-electron chi connectivity index (χ4n) is 7.58. The summed E-state index contributed by atoms with van der Waals surface area (Å²) in [6.45, 7) is 13.6. The molecule has 0 radical (unpaired) electrons. The molecule has 0 heterocycles. The predicted octanol–water partition coefficient (Wildman–Crippen LogP) is 8.10. The molecule has 3 saturated carbocycles. The SMILES string of the molecule is C/C=C1/C[C@@H](OC(C)=O)CC[C@]1(C)C1CC[C@@]2(C)C(CC[C@@H]2CCCCC(C)C)C1. The molecule has 0 N–H and O–H groups in total. The van der Waals surface area contributed by atoms with Crippen LogP contribution >= 0.6 is 0 Å². The molecule has 0 amide bonds. The summed E-state index contributed by atoms with van der Waals surface area (Å²) in [6, 6.07) is 0. The Hall–Kier alpha value is -0.790. The van der Waals surface area contributed by atoms with Crippen molar-refractivity contribution < 1.29 is 9.53 Å². The third-order valence-electron chi connectivity index (χ3n) is 9.66. The number of hydrogen-bond acceptors (Lipinski definition) is 2. The molecule has 30 heavy (non-hydrogen) atoms. The first-order chi connectivity index (χ1) is 14.2. The minimum absolute atomic E-state index is 0.0948. The van der Waals surface area contributed by atoms with Crippen molar-refractivity contribution in [3.05, 3.63) is 11.6 Å². The number of esters is 1. The topological polar surface area (TPSA) is 26.3 Å². The molecule has 3 aliphatic rings. The van der Waals surface area contributed by atoms with Gasteiger partial charge in [-0.15, -0.1) is 0 Å². The Morgan fingerprint density at radius 2 is 1.87 bits per heavy atom. The number of fused-ring (bicyclic) bond motifs is 1. The fraction of sp³-hybridized carbons (Fsp3) is 0.893. The third kappa shape index (κ3) is 4.99. The summed E-state index contributed by atoms with van der Waals surface area (Å²) in [5, 5.41) is 0. The van der Waals surface area contributed by atoms with Crippen molar-refractivity contribution in [3.63, 3.8) is 0 Å². The van der Waals surface area contributed by atoms with E-state index in [0.29, 0.717) is 10.8 Å². The van der Waals surface area contributed by atoms with E-state index in [-0.39, 0.29) is 12.1 Å². The molecular weight excluding hydrogens is 368 g/mol. The van der Waals surface area contributed by atoms with Crippen molar-refractivity contribution in [3.8, 4) is 0 Å². The maximum absolute atomic E-state index is 11.4. The molecule has 0 saturated heterocycles. The first-order valence-corrected chi connectivity index (χ1v) is 13.0. The summed E-state index contributed by atoms with van der Waals surface area (Å²) < 4.78 is 5.59. The largest absolute Gasteiger partial charge is 0.462 e. The molecule has 0 aromatic rings. The van der Waals surface area contributed by atoms with Crippen LogP contribution in [0, 0.1) is 34.5 Å². The van der Waals surface area contributed by atoms with Gasteiger partial charge < -0.3 is 4.74 Å². The maximum Gasteiger partial charge on any atom is 0.302 e. The lowest BCUT2D eigenvalue weighted by molar-refractivity contribution is -0.148. The molecule has 0 aliphatic heterocycles. The summed E-state index contributed by atoms with van der Waals surface area (Å²) in [5.41, 5.74) is 2.45. The molecule has 6 atom stereocenters. The number of unbranched alkanes of at least 4 members (excludes halogenated alkanes) is 1. The molecule has 3 fully saturated rings. The molecule has 2 nitrogen and oxygen atoms in total. The van der Waals surface area contributed by atoms with Gasteiger partial charge in [0.05, 0.1) is 0 Å². The Morgan fingerprint density at radius 1 is 1.10 bits per heavy atom. The van der Waals surface area contributed by atoms with E-state index in [4.69, 9.17) is 4.74 Å². The molecule has 2 unspecified atom stereocenters. The summed E-state index contributed by atoms with van der Waals surface area (Å²) in [5.74, 6) is 3.42. The van der Waals surface area contributed by atoms with Crippen LogP contribution in [0.1, 0.15) is 119 Å². The van der Waals surface area contributed by atoms with Gasteiger partial charge in [0.15, 0.2) is 0 Å². The van der Waals surface area contributed by atoms with Gasteiger partial charge in [0.25, 0.3) is 0 Å². The van der Waals surface area contributed by atoms with Crippen molar-refractivity contribution in [1.29, 1.82) is 0 Å². The minimum Gasteiger partial charge on any atom is -0.462 e. The Kier molecular flexibility index (Phi) is 7.78. The van der Waals surface area contributed by atoms with E-state index >= 15 is 0 Å². The molecule has 0 bridgehead atoms. The quantitative estimate of drug-likeness (QED) is 0.238. The maximum atomic E-state index is 11.4. The van der Waals surface area contributed by atoms with E-state index in [9.17, 15) is 4.79 Å². The van der Waals surface area contributed by atoms with Crippen LogP contribution in [0.25, 0.3) is 0 Å². The average Bonchev–Trinajstić information content (AvgIpc) is 3.01. The highest BCUT2D eigenvalue weighted by Gasteiger charge is 2.52. The molecular formula is C28H48O2. The van der Waals surface area contributed by atoms with E-state index in [1.165, 1.54) is 64.2 Å². The number of carbonyl (C=O) groups is 1. The van der Waals surface area contributed by atoms with Crippen LogP contribution in [0.3, 0.4) is 0 Å². The van der Waals surface area contributed by atoms with Crippen molar-refractivity contribution in [2.24, 2.45) is 34.5 Å². The standard InChI is InChI=1S/C28H48O2/c1-7-22-19-26(30-21(4)29)15-17-27(22,5)25-14-16-28(6)23(12-13-24(28)18-25)11-9-8-10-20(2)3/h7,20,23-26H,8-19H2,1-6H3/b22-7-/t23-,24?,25?,26-,27-,28+/m0/s1. The van der Waals surface area contributed by atoms with Crippen LogP contribution in [0.5, 0.6) is 0 Å². The second-order valence-electron chi connectivity index (χ2n) is 11.8. The zero-order valence-corrected chi connectivity index (χ0v) is 20.8. The van der Waals surface area contributed by atoms with Crippen LogP contribution in [-0.2, 0) is 9.53 Å². The zero-order valence-electron chi connectivity index (χ0n) is 20.8. The highest BCUT2D eigenvalue weighted by atomic mass is 16.5. The molecule has 3 aliphatic carbocycles. The summed E-state index contributed by atoms with van der Waals surface area (Å²) in [4.78, 5) is 11.4. The van der Waals surface area contributed by atoms with Gasteiger partial charge in [-0.05, 0) is 92.8 Å². The monoisotopic (exact) mass is 416 g/mol. The van der Waals surface area contributed by atoms with E-state index in [2.05, 4.69) is 40.7 Å². The molecule has 0 spiro atoms. The second kappa shape index (κ2) is 9.78. The number of rotatable bonds is 7.